The molecular weight excluding hydrogens is 501 g/mol. The monoisotopic (exact) mass is 520 g/mol. The zero-order valence-electron chi connectivity index (χ0n) is 18.9. The molecule has 2 amide bonds. The predicted molar refractivity (Wildman–Crippen MR) is 123 cm³/mol. The fraction of sp³-hybridized carbons (Fsp3) is 0.318. The lowest BCUT2D eigenvalue weighted by Gasteiger charge is -2.27. The van der Waals surface area contributed by atoms with Crippen molar-refractivity contribution >= 4 is 29.1 Å². The molecule has 0 radical (unpaired) electrons. The first-order chi connectivity index (χ1) is 17.1. The van der Waals surface area contributed by atoms with E-state index in [2.05, 4.69) is 20.7 Å². The first-order valence-corrected chi connectivity index (χ1v) is 11.1. The number of alkyl halides is 3. The summed E-state index contributed by atoms with van der Waals surface area (Å²) in [5.74, 6) is -1.08. The number of nitrogens with zero attached hydrogens (tertiary/aromatic N) is 6. The van der Waals surface area contributed by atoms with Gasteiger partial charge in [0.25, 0.3) is 11.8 Å². The number of carbonyl (C=O) groups excluding carboxylic acids is 2. The Kier molecular flexibility index (Phi) is 7.00. The summed E-state index contributed by atoms with van der Waals surface area (Å²) in [5, 5.41) is 18.2. The molecule has 2 aromatic heterocycles. The number of carbonyl (C=O) groups is 2. The number of aromatic nitrogens is 4. The van der Waals surface area contributed by atoms with Gasteiger partial charge >= 0.3 is 6.18 Å². The van der Waals surface area contributed by atoms with Crippen LogP contribution in [0.5, 0.6) is 0 Å². The number of nitrogens with one attached hydrogen (secondary N) is 2. The molecule has 0 aliphatic carbocycles. The van der Waals surface area contributed by atoms with Crippen LogP contribution >= 0.6 is 11.6 Å². The summed E-state index contributed by atoms with van der Waals surface area (Å²) in [6, 6.07) is 6.18. The maximum atomic E-state index is 13.5. The van der Waals surface area contributed by atoms with Crippen LogP contribution in [0, 0.1) is 11.3 Å². The number of benzene rings is 1. The van der Waals surface area contributed by atoms with E-state index in [1.54, 1.807) is 11.0 Å². The zero-order valence-corrected chi connectivity index (χ0v) is 19.7. The Morgan fingerprint density at radius 2 is 2.00 bits per heavy atom. The third-order valence-corrected chi connectivity index (χ3v) is 5.90. The molecule has 0 saturated carbocycles. The summed E-state index contributed by atoms with van der Waals surface area (Å²) in [4.78, 5) is 31.2. The fourth-order valence-electron chi connectivity index (χ4n) is 3.83. The van der Waals surface area contributed by atoms with Gasteiger partial charge in [0.1, 0.15) is 6.54 Å². The smallest absolute Gasteiger partial charge is 0.336 e. The third kappa shape index (κ3) is 5.05. The molecule has 0 bridgehead atoms. The first kappa shape index (κ1) is 25.2. The molecule has 36 heavy (non-hydrogen) atoms. The van der Waals surface area contributed by atoms with Crippen LogP contribution in [0.25, 0.3) is 11.3 Å². The standard InChI is InChI=1S/C22H20ClF3N8O2/c1-32-17(15-12-34(7-4-27)31-18(15)22(24,25)26)11-29-19(32)20(35)30-13-2-3-14(16(23)10-13)21(36)33-8-5-28-6-9-33/h2-3,10-12,28H,5-9H2,1H3,(H,30,35). The number of piperazine rings is 1. The van der Waals surface area contributed by atoms with E-state index in [4.69, 9.17) is 16.9 Å². The number of amides is 2. The molecule has 10 nitrogen and oxygen atoms in total. The third-order valence-electron chi connectivity index (χ3n) is 5.59. The molecule has 3 heterocycles. The highest BCUT2D eigenvalue weighted by Crippen LogP contribution is 2.36. The number of anilines is 1. The van der Waals surface area contributed by atoms with E-state index in [0.717, 1.165) is 17.1 Å². The zero-order chi connectivity index (χ0) is 26.0. The van der Waals surface area contributed by atoms with Gasteiger partial charge in [0.15, 0.2) is 11.5 Å². The Morgan fingerprint density at radius 3 is 2.64 bits per heavy atom. The normalized spacial score (nSPS) is 13.9. The van der Waals surface area contributed by atoms with Crippen molar-refractivity contribution in [2.75, 3.05) is 31.5 Å². The maximum Gasteiger partial charge on any atom is 0.435 e. The van der Waals surface area contributed by atoms with Crippen molar-refractivity contribution in [3.8, 4) is 17.3 Å². The van der Waals surface area contributed by atoms with Crippen LogP contribution in [-0.4, -0.2) is 62.2 Å². The molecule has 1 fully saturated rings. The van der Waals surface area contributed by atoms with Gasteiger partial charge in [0.2, 0.25) is 0 Å². The predicted octanol–water partition coefficient (Wildman–Crippen LogP) is 2.78. The summed E-state index contributed by atoms with van der Waals surface area (Å²) in [6.45, 7) is 2.11. The summed E-state index contributed by atoms with van der Waals surface area (Å²) >= 11 is 6.30. The van der Waals surface area contributed by atoms with Crippen molar-refractivity contribution in [3.05, 3.63) is 52.7 Å². The largest absolute Gasteiger partial charge is 0.435 e. The number of rotatable bonds is 5. The van der Waals surface area contributed by atoms with E-state index >= 15 is 0 Å². The summed E-state index contributed by atoms with van der Waals surface area (Å²) < 4.78 is 42.6. The van der Waals surface area contributed by atoms with Crippen LogP contribution in [0.2, 0.25) is 5.02 Å². The van der Waals surface area contributed by atoms with Crippen LogP contribution in [0.3, 0.4) is 0 Å². The van der Waals surface area contributed by atoms with Gasteiger partial charge < -0.3 is 20.1 Å². The van der Waals surface area contributed by atoms with Crippen LogP contribution < -0.4 is 10.6 Å². The van der Waals surface area contributed by atoms with Crippen molar-refractivity contribution < 1.29 is 22.8 Å². The lowest BCUT2D eigenvalue weighted by Crippen LogP contribution is -2.46. The van der Waals surface area contributed by atoms with Gasteiger partial charge in [-0.3, -0.25) is 14.3 Å². The second kappa shape index (κ2) is 10.00. The van der Waals surface area contributed by atoms with E-state index in [0.29, 0.717) is 31.7 Å². The van der Waals surface area contributed by atoms with Crippen LogP contribution in [-0.2, 0) is 19.8 Å². The van der Waals surface area contributed by atoms with Gasteiger partial charge in [-0.1, -0.05) is 11.6 Å². The molecule has 2 N–H and O–H groups in total. The summed E-state index contributed by atoms with van der Waals surface area (Å²) in [6.07, 6.45) is -2.57. The van der Waals surface area contributed by atoms with Crippen molar-refractivity contribution in [2.24, 2.45) is 7.05 Å². The molecule has 188 valence electrons. The molecule has 0 spiro atoms. The fourth-order valence-corrected chi connectivity index (χ4v) is 4.10. The van der Waals surface area contributed by atoms with Crippen LogP contribution in [0.4, 0.5) is 18.9 Å². The van der Waals surface area contributed by atoms with Gasteiger partial charge in [0, 0.05) is 45.1 Å². The van der Waals surface area contributed by atoms with Crippen LogP contribution in [0.1, 0.15) is 26.7 Å². The Hall–Kier alpha value is -3.89. The Labute approximate surface area is 208 Å². The highest BCUT2D eigenvalue weighted by atomic mass is 35.5. The van der Waals surface area contributed by atoms with Gasteiger partial charge in [0.05, 0.1) is 34.1 Å². The Morgan fingerprint density at radius 1 is 1.28 bits per heavy atom. The summed E-state index contributed by atoms with van der Waals surface area (Å²) in [5.41, 5.74) is -0.935. The number of hydrogen-bond donors (Lipinski definition) is 2. The van der Waals surface area contributed by atoms with Gasteiger partial charge in [-0.15, -0.1) is 0 Å². The number of halogens is 4. The molecule has 0 atom stereocenters. The second-order valence-corrected chi connectivity index (χ2v) is 8.37. The molecular formula is C22H20ClF3N8O2. The second-order valence-electron chi connectivity index (χ2n) is 7.96. The highest BCUT2D eigenvalue weighted by Gasteiger charge is 2.38. The minimum atomic E-state index is -4.77. The lowest BCUT2D eigenvalue weighted by molar-refractivity contribution is -0.141. The van der Waals surface area contributed by atoms with Crippen molar-refractivity contribution in [1.82, 2.24) is 29.5 Å². The summed E-state index contributed by atoms with van der Waals surface area (Å²) in [7, 11) is 1.39. The molecule has 1 aliphatic heterocycles. The number of hydrogen-bond acceptors (Lipinski definition) is 6. The maximum absolute atomic E-state index is 13.5. The van der Waals surface area contributed by atoms with E-state index < -0.39 is 17.8 Å². The van der Waals surface area contributed by atoms with Crippen molar-refractivity contribution in [1.29, 1.82) is 5.26 Å². The first-order valence-electron chi connectivity index (χ1n) is 10.7. The molecule has 1 aromatic carbocycles. The molecule has 3 aromatic rings. The molecule has 1 aliphatic rings. The van der Waals surface area contributed by atoms with E-state index in [1.807, 2.05) is 0 Å². The molecule has 0 unspecified atom stereocenters. The number of nitriles is 1. The highest BCUT2D eigenvalue weighted by molar-refractivity contribution is 6.34. The van der Waals surface area contributed by atoms with E-state index in [-0.39, 0.29) is 40.2 Å². The lowest BCUT2D eigenvalue weighted by atomic mass is 10.1. The molecule has 4 rings (SSSR count). The van der Waals surface area contributed by atoms with Gasteiger partial charge in [-0.25, -0.2) is 4.98 Å². The quantitative estimate of drug-likeness (QED) is 0.533. The topological polar surface area (TPSA) is 121 Å². The minimum absolute atomic E-state index is 0.00772. The van der Waals surface area contributed by atoms with E-state index in [1.165, 1.54) is 29.8 Å². The molecule has 1 saturated heterocycles. The van der Waals surface area contributed by atoms with Gasteiger partial charge in [-0.2, -0.15) is 23.5 Å². The average Bonchev–Trinajstić information content (AvgIpc) is 3.43. The molecule has 14 heteroatoms. The SMILES string of the molecule is Cn1c(-c2cn(CC#N)nc2C(F)(F)F)cnc1C(=O)Nc1ccc(C(=O)N2CCNCC2)c(Cl)c1. The van der Waals surface area contributed by atoms with E-state index in [9.17, 15) is 22.8 Å². The van der Waals surface area contributed by atoms with Gasteiger partial charge in [-0.05, 0) is 18.2 Å². The van der Waals surface area contributed by atoms with Crippen molar-refractivity contribution in [3.63, 3.8) is 0 Å². The van der Waals surface area contributed by atoms with Crippen LogP contribution in [0.15, 0.2) is 30.6 Å². The minimum Gasteiger partial charge on any atom is -0.336 e. The van der Waals surface area contributed by atoms with Crippen molar-refractivity contribution in [2.45, 2.75) is 12.7 Å². The number of imidazole rings is 1. The average molecular weight is 521 g/mol. The Bertz CT molecular complexity index is 1350. The Balaban J connectivity index is 1.55.